The third-order valence-electron chi connectivity index (χ3n) is 12.7. The van der Waals surface area contributed by atoms with Gasteiger partial charge >= 0.3 is 17.9 Å². The highest BCUT2D eigenvalue weighted by atomic mass is 16.6. The number of ether oxygens (including phenoxy) is 3. The fourth-order valence-corrected chi connectivity index (χ4v) is 8.52. The minimum Gasteiger partial charge on any atom is -0.462 e. The number of rotatable bonds is 50. The first kappa shape index (κ1) is 60.4. The van der Waals surface area contributed by atoms with Crippen LogP contribution in [0.2, 0.25) is 0 Å². The van der Waals surface area contributed by atoms with E-state index in [-0.39, 0.29) is 31.1 Å². The maximum Gasteiger partial charge on any atom is 0.306 e. The maximum atomic E-state index is 12.8. The normalized spacial score (nSPS) is 12.0. The molecule has 6 heteroatoms. The molecule has 0 aromatic carbocycles. The van der Waals surface area contributed by atoms with Gasteiger partial charge in [0.05, 0.1) is 0 Å². The molecule has 0 unspecified atom stereocenters. The van der Waals surface area contributed by atoms with Crippen LogP contribution in [0.15, 0.2) is 0 Å². The zero-order valence-electron chi connectivity index (χ0n) is 42.5. The predicted molar refractivity (Wildman–Crippen MR) is 266 cm³/mol. The van der Waals surface area contributed by atoms with Crippen LogP contribution >= 0.6 is 0 Å². The van der Waals surface area contributed by atoms with E-state index in [4.69, 9.17) is 14.2 Å². The summed E-state index contributed by atoms with van der Waals surface area (Å²) >= 11 is 0. The van der Waals surface area contributed by atoms with Crippen molar-refractivity contribution in [1.29, 1.82) is 0 Å². The molecule has 62 heavy (non-hydrogen) atoms. The summed E-state index contributed by atoms with van der Waals surface area (Å²) in [7, 11) is 0. The Morgan fingerprint density at radius 1 is 0.306 bits per heavy atom. The van der Waals surface area contributed by atoms with Crippen LogP contribution in [-0.4, -0.2) is 37.2 Å². The molecule has 0 aliphatic rings. The average molecular weight is 877 g/mol. The molecular weight excluding hydrogens is 769 g/mol. The quantitative estimate of drug-likeness (QED) is 0.0344. The van der Waals surface area contributed by atoms with Crippen molar-refractivity contribution < 1.29 is 28.6 Å². The topological polar surface area (TPSA) is 78.9 Å². The van der Waals surface area contributed by atoms with Crippen molar-refractivity contribution in [2.45, 2.75) is 317 Å². The van der Waals surface area contributed by atoms with Gasteiger partial charge in [-0.15, -0.1) is 0 Å². The number of carbonyl (C=O) groups excluding carboxylic acids is 3. The van der Waals surface area contributed by atoms with Gasteiger partial charge in [0.2, 0.25) is 0 Å². The Morgan fingerprint density at radius 2 is 0.532 bits per heavy atom. The number of unbranched alkanes of at least 4 members (excludes halogenated alkanes) is 35. The lowest BCUT2D eigenvalue weighted by atomic mass is 10.0. The van der Waals surface area contributed by atoms with Gasteiger partial charge in [-0.25, -0.2) is 0 Å². The van der Waals surface area contributed by atoms with Crippen LogP contribution < -0.4 is 0 Å². The smallest absolute Gasteiger partial charge is 0.306 e. The molecule has 0 fully saturated rings. The molecule has 0 aromatic rings. The molecular formula is C56H108O6. The van der Waals surface area contributed by atoms with Crippen LogP contribution in [0.5, 0.6) is 0 Å². The molecule has 0 amide bonds. The summed E-state index contributed by atoms with van der Waals surface area (Å²) in [4.78, 5) is 38.0. The highest BCUT2D eigenvalue weighted by Gasteiger charge is 2.19. The van der Waals surface area contributed by atoms with E-state index in [1.165, 1.54) is 199 Å². The Morgan fingerprint density at radius 3 is 0.790 bits per heavy atom. The number of esters is 3. The second kappa shape index (κ2) is 48.9. The van der Waals surface area contributed by atoms with E-state index in [1.54, 1.807) is 0 Å². The largest absolute Gasteiger partial charge is 0.462 e. The molecule has 0 bridgehead atoms. The van der Waals surface area contributed by atoms with E-state index in [1.807, 2.05) is 0 Å². The Hall–Kier alpha value is -1.59. The van der Waals surface area contributed by atoms with Gasteiger partial charge in [-0.2, -0.15) is 0 Å². The molecule has 0 heterocycles. The molecule has 0 radical (unpaired) electrons. The van der Waals surface area contributed by atoms with Crippen molar-refractivity contribution in [2.75, 3.05) is 13.2 Å². The van der Waals surface area contributed by atoms with Crippen LogP contribution in [0.4, 0.5) is 0 Å². The summed E-state index contributed by atoms with van der Waals surface area (Å²) in [6.07, 6.45) is 51.0. The van der Waals surface area contributed by atoms with Gasteiger partial charge in [0.15, 0.2) is 6.10 Å². The summed E-state index contributed by atoms with van der Waals surface area (Å²) in [6, 6.07) is 0. The minimum absolute atomic E-state index is 0.0636. The Labute approximate surface area is 387 Å². The van der Waals surface area contributed by atoms with Crippen LogP contribution in [0.3, 0.4) is 0 Å². The second-order valence-electron chi connectivity index (χ2n) is 20.2. The zero-order chi connectivity index (χ0) is 45.4. The summed E-state index contributed by atoms with van der Waals surface area (Å²) in [5.74, 6) is 0.775. The molecule has 0 saturated carbocycles. The molecule has 0 aliphatic heterocycles. The second-order valence-corrected chi connectivity index (χ2v) is 20.2. The van der Waals surface area contributed by atoms with E-state index in [0.717, 1.165) is 69.6 Å². The summed E-state index contributed by atoms with van der Waals surface area (Å²) < 4.78 is 16.8. The third kappa shape index (κ3) is 49.4. The molecule has 0 saturated heterocycles. The lowest BCUT2D eigenvalue weighted by molar-refractivity contribution is -0.167. The molecule has 0 aromatic heterocycles. The van der Waals surface area contributed by atoms with Crippen molar-refractivity contribution in [2.24, 2.45) is 11.8 Å². The first-order valence-corrected chi connectivity index (χ1v) is 27.7. The summed E-state index contributed by atoms with van der Waals surface area (Å²) in [5.41, 5.74) is 0. The Bertz CT molecular complexity index is 947. The van der Waals surface area contributed by atoms with Crippen molar-refractivity contribution in [3.05, 3.63) is 0 Å². The van der Waals surface area contributed by atoms with Crippen LogP contribution in [0, 0.1) is 11.8 Å². The van der Waals surface area contributed by atoms with E-state index < -0.39 is 6.10 Å². The monoisotopic (exact) mass is 877 g/mol. The summed E-state index contributed by atoms with van der Waals surface area (Å²) in [6.45, 7) is 11.4. The Balaban J connectivity index is 4.25. The van der Waals surface area contributed by atoms with Crippen LogP contribution in [-0.2, 0) is 28.6 Å². The maximum absolute atomic E-state index is 12.8. The van der Waals surface area contributed by atoms with Crippen LogP contribution in [0.1, 0.15) is 311 Å². The molecule has 6 nitrogen and oxygen atoms in total. The minimum atomic E-state index is -0.762. The van der Waals surface area contributed by atoms with Crippen molar-refractivity contribution in [3.8, 4) is 0 Å². The first-order valence-electron chi connectivity index (χ1n) is 27.7. The predicted octanol–water partition coefficient (Wildman–Crippen LogP) is 18.1. The van der Waals surface area contributed by atoms with Gasteiger partial charge < -0.3 is 14.2 Å². The molecule has 0 aliphatic carbocycles. The fraction of sp³-hybridized carbons (Fsp3) is 0.946. The van der Waals surface area contributed by atoms with Gasteiger partial charge in [0, 0.05) is 19.3 Å². The van der Waals surface area contributed by atoms with Gasteiger partial charge in [-0.1, -0.05) is 272 Å². The third-order valence-corrected chi connectivity index (χ3v) is 12.7. The highest BCUT2D eigenvalue weighted by Crippen LogP contribution is 2.18. The Kier molecular flexibility index (Phi) is 47.6. The van der Waals surface area contributed by atoms with Crippen LogP contribution in [0.25, 0.3) is 0 Å². The fourth-order valence-electron chi connectivity index (χ4n) is 8.52. The molecule has 0 spiro atoms. The van der Waals surface area contributed by atoms with E-state index >= 15 is 0 Å². The van der Waals surface area contributed by atoms with E-state index in [9.17, 15) is 14.4 Å². The number of hydrogen-bond donors (Lipinski definition) is 0. The zero-order valence-corrected chi connectivity index (χ0v) is 42.5. The van der Waals surface area contributed by atoms with Crippen molar-refractivity contribution in [1.82, 2.24) is 0 Å². The molecule has 0 N–H and O–H groups in total. The molecule has 0 rings (SSSR count). The van der Waals surface area contributed by atoms with Gasteiger partial charge in [0.25, 0.3) is 0 Å². The van der Waals surface area contributed by atoms with Gasteiger partial charge in [0.1, 0.15) is 13.2 Å². The lowest BCUT2D eigenvalue weighted by Crippen LogP contribution is -2.30. The number of hydrogen-bond acceptors (Lipinski definition) is 6. The molecule has 1 atom stereocenters. The number of carbonyl (C=O) groups is 3. The van der Waals surface area contributed by atoms with E-state index in [0.29, 0.717) is 19.3 Å². The summed E-state index contributed by atoms with van der Waals surface area (Å²) in [5, 5.41) is 0. The first-order chi connectivity index (χ1) is 30.2. The SMILES string of the molecule is CCCCCCCCCCCCCCCCCCCCCC(=O)OC[C@H](COC(=O)CCCCCCCCCCC(C)C)OC(=O)CCCCCCCCCCCCCC(C)C. The van der Waals surface area contributed by atoms with Gasteiger partial charge in [-0.3, -0.25) is 14.4 Å². The lowest BCUT2D eigenvalue weighted by Gasteiger charge is -2.18. The standard InChI is InChI=1S/C56H108O6/c1-6-7-8-9-10-11-12-13-14-15-16-17-18-19-22-25-31-36-41-46-54(57)60-49-53(50-61-55(58)47-42-37-32-28-27-30-35-40-45-52(4)5)62-56(59)48-43-38-33-26-23-20-21-24-29-34-39-44-51(2)3/h51-53H,6-50H2,1-5H3/t53-/m1/s1. The van der Waals surface area contributed by atoms with E-state index in [2.05, 4.69) is 34.6 Å². The highest BCUT2D eigenvalue weighted by molar-refractivity contribution is 5.71. The van der Waals surface area contributed by atoms with Crippen molar-refractivity contribution >= 4 is 17.9 Å². The average Bonchev–Trinajstić information content (AvgIpc) is 3.24. The van der Waals surface area contributed by atoms with Crippen molar-refractivity contribution in [3.63, 3.8) is 0 Å². The van der Waals surface area contributed by atoms with Gasteiger partial charge in [-0.05, 0) is 31.1 Å². The molecule has 368 valence electrons.